The fourth-order valence-corrected chi connectivity index (χ4v) is 3.52. The van der Waals surface area contributed by atoms with Gasteiger partial charge < -0.3 is 0 Å². The van der Waals surface area contributed by atoms with Crippen molar-refractivity contribution < 1.29 is 8.42 Å². The number of hydrogen-bond acceptors (Lipinski definition) is 5. The van der Waals surface area contributed by atoms with E-state index in [0.717, 1.165) is 0 Å². The molecular formula is C14H12ClN5O2S. The SMILES string of the molecule is Cc1c(NS(=O)(=O)c2cccc(Cl)c2)cccc1-n1cnnn1. The molecule has 0 aliphatic rings. The molecule has 0 saturated carbocycles. The third kappa shape index (κ3) is 3.17. The summed E-state index contributed by atoms with van der Waals surface area (Å²) >= 11 is 5.86. The number of tetrazole rings is 1. The Morgan fingerprint density at radius 3 is 2.65 bits per heavy atom. The standard InChI is InChI=1S/C14H12ClN5O2S/c1-10-13(6-3-7-14(10)20-9-16-18-19-20)17-23(21,22)12-5-2-4-11(15)8-12/h2-9,17H,1H3. The van der Waals surface area contributed by atoms with Gasteiger partial charge in [0.15, 0.2) is 0 Å². The van der Waals surface area contributed by atoms with Gasteiger partial charge in [-0.2, -0.15) is 0 Å². The predicted octanol–water partition coefficient (Wildman–Crippen LogP) is 2.42. The first-order valence-corrected chi connectivity index (χ1v) is 8.45. The summed E-state index contributed by atoms with van der Waals surface area (Å²) in [5, 5.41) is 11.3. The molecule has 118 valence electrons. The highest BCUT2D eigenvalue weighted by Gasteiger charge is 2.17. The third-order valence-corrected chi connectivity index (χ3v) is 4.85. The van der Waals surface area contributed by atoms with Crippen LogP contribution in [0.1, 0.15) is 5.56 Å². The van der Waals surface area contributed by atoms with Crippen LogP contribution >= 0.6 is 11.6 Å². The summed E-state index contributed by atoms with van der Waals surface area (Å²) in [7, 11) is -3.74. The first kappa shape index (κ1) is 15.4. The van der Waals surface area contributed by atoms with Gasteiger partial charge in [-0.05, 0) is 53.2 Å². The van der Waals surface area contributed by atoms with Crippen LogP contribution in [0.5, 0.6) is 0 Å². The number of hydrogen-bond donors (Lipinski definition) is 1. The van der Waals surface area contributed by atoms with Crippen LogP contribution in [-0.2, 0) is 10.0 Å². The Labute approximate surface area is 138 Å². The van der Waals surface area contributed by atoms with Crippen LogP contribution in [0.2, 0.25) is 5.02 Å². The van der Waals surface area contributed by atoms with Crippen LogP contribution in [0.4, 0.5) is 5.69 Å². The largest absolute Gasteiger partial charge is 0.279 e. The summed E-state index contributed by atoms with van der Waals surface area (Å²) < 4.78 is 29.0. The number of nitrogens with one attached hydrogen (secondary N) is 1. The number of sulfonamides is 1. The summed E-state index contributed by atoms with van der Waals surface area (Å²) in [6.07, 6.45) is 1.44. The smallest absolute Gasteiger partial charge is 0.261 e. The highest BCUT2D eigenvalue weighted by Crippen LogP contribution is 2.25. The molecule has 0 saturated heterocycles. The molecule has 7 nitrogen and oxygen atoms in total. The quantitative estimate of drug-likeness (QED) is 0.781. The number of nitrogens with zero attached hydrogens (tertiary/aromatic N) is 4. The van der Waals surface area contributed by atoms with E-state index in [1.807, 2.05) is 0 Å². The topological polar surface area (TPSA) is 89.8 Å². The molecule has 0 atom stereocenters. The number of benzene rings is 2. The van der Waals surface area contributed by atoms with E-state index in [-0.39, 0.29) is 4.90 Å². The van der Waals surface area contributed by atoms with E-state index >= 15 is 0 Å². The van der Waals surface area contributed by atoms with Crippen LogP contribution in [0.3, 0.4) is 0 Å². The molecule has 0 aliphatic heterocycles. The Morgan fingerprint density at radius 2 is 1.96 bits per heavy atom. The minimum Gasteiger partial charge on any atom is -0.279 e. The molecule has 23 heavy (non-hydrogen) atoms. The molecule has 1 aromatic heterocycles. The highest BCUT2D eigenvalue weighted by atomic mass is 35.5. The minimum atomic E-state index is -3.74. The third-order valence-electron chi connectivity index (χ3n) is 3.25. The lowest BCUT2D eigenvalue weighted by Gasteiger charge is -2.13. The van der Waals surface area contributed by atoms with Crippen molar-refractivity contribution in [2.75, 3.05) is 4.72 Å². The van der Waals surface area contributed by atoms with E-state index in [9.17, 15) is 8.42 Å². The van der Waals surface area contributed by atoms with E-state index in [0.29, 0.717) is 22.0 Å². The lowest BCUT2D eigenvalue weighted by atomic mass is 10.1. The Bertz CT molecular complexity index is 942. The van der Waals surface area contributed by atoms with Crippen LogP contribution in [-0.4, -0.2) is 28.6 Å². The lowest BCUT2D eigenvalue weighted by Crippen LogP contribution is -2.14. The zero-order chi connectivity index (χ0) is 16.4. The summed E-state index contributed by atoms with van der Waals surface area (Å²) in [6.45, 7) is 1.78. The lowest BCUT2D eigenvalue weighted by molar-refractivity contribution is 0.601. The van der Waals surface area contributed by atoms with Crippen LogP contribution in [0.25, 0.3) is 5.69 Å². The van der Waals surface area contributed by atoms with Gasteiger partial charge in [0.25, 0.3) is 10.0 Å². The van der Waals surface area contributed by atoms with E-state index < -0.39 is 10.0 Å². The van der Waals surface area contributed by atoms with Crippen molar-refractivity contribution in [3.05, 3.63) is 59.4 Å². The van der Waals surface area contributed by atoms with Gasteiger partial charge in [-0.15, -0.1) is 5.10 Å². The second-order valence-corrected chi connectivity index (χ2v) is 6.89. The van der Waals surface area contributed by atoms with Crippen molar-refractivity contribution in [2.24, 2.45) is 0 Å². The van der Waals surface area contributed by atoms with Gasteiger partial charge in [0, 0.05) is 5.02 Å². The maximum atomic E-state index is 12.5. The van der Waals surface area contributed by atoms with Crippen molar-refractivity contribution in [1.29, 1.82) is 0 Å². The van der Waals surface area contributed by atoms with Gasteiger partial charge >= 0.3 is 0 Å². The summed E-state index contributed by atoms with van der Waals surface area (Å²) in [5.41, 5.74) is 1.82. The zero-order valence-electron chi connectivity index (χ0n) is 12.0. The van der Waals surface area contributed by atoms with E-state index in [1.165, 1.54) is 23.1 Å². The molecule has 0 amide bonds. The van der Waals surface area contributed by atoms with Crippen molar-refractivity contribution in [3.8, 4) is 5.69 Å². The molecule has 3 aromatic rings. The van der Waals surface area contributed by atoms with Gasteiger partial charge in [0.05, 0.1) is 16.3 Å². The fourth-order valence-electron chi connectivity index (χ4n) is 2.09. The van der Waals surface area contributed by atoms with Crippen LogP contribution in [0, 0.1) is 6.92 Å². The molecule has 3 rings (SSSR count). The van der Waals surface area contributed by atoms with Crippen LogP contribution < -0.4 is 4.72 Å². The van der Waals surface area contributed by atoms with Gasteiger partial charge in [-0.25, -0.2) is 13.1 Å². The molecule has 0 spiro atoms. The van der Waals surface area contributed by atoms with E-state index in [1.54, 1.807) is 37.3 Å². The average molecular weight is 350 g/mol. The first-order valence-electron chi connectivity index (χ1n) is 6.59. The van der Waals surface area contributed by atoms with Gasteiger partial charge in [0.1, 0.15) is 6.33 Å². The van der Waals surface area contributed by atoms with Crippen LogP contribution in [0.15, 0.2) is 53.7 Å². The number of halogens is 1. The number of aromatic nitrogens is 4. The fraction of sp³-hybridized carbons (Fsp3) is 0.0714. The second-order valence-electron chi connectivity index (χ2n) is 4.77. The highest BCUT2D eigenvalue weighted by molar-refractivity contribution is 7.92. The maximum Gasteiger partial charge on any atom is 0.261 e. The molecule has 0 aliphatic carbocycles. The van der Waals surface area contributed by atoms with E-state index in [4.69, 9.17) is 11.6 Å². The normalized spacial score (nSPS) is 11.4. The molecule has 0 unspecified atom stereocenters. The maximum absolute atomic E-state index is 12.5. The Morgan fingerprint density at radius 1 is 1.17 bits per heavy atom. The minimum absolute atomic E-state index is 0.0947. The molecule has 2 aromatic carbocycles. The average Bonchev–Trinajstić information content (AvgIpc) is 3.03. The summed E-state index contributed by atoms with van der Waals surface area (Å²) in [6, 6.07) is 11.3. The second kappa shape index (κ2) is 5.98. The zero-order valence-corrected chi connectivity index (χ0v) is 13.6. The first-order chi connectivity index (χ1) is 11.0. The van der Waals surface area contributed by atoms with Gasteiger partial charge in [0.2, 0.25) is 0 Å². The molecule has 0 bridgehead atoms. The molecular weight excluding hydrogens is 338 g/mol. The molecule has 9 heteroatoms. The molecule has 0 fully saturated rings. The summed E-state index contributed by atoms with van der Waals surface area (Å²) in [5.74, 6) is 0. The van der Waals surface area contributed by atoms with E-state index in [2.05, 4.69) is 20.2 Å². The number of anilines is 1. The van der Waals surface area contributed by atoms with Crippen molar-refractivity contribution in [2.45, 2.75) is 11.8 Å². The van der Waals surface area contributed by atoms with Crippen molar-refractivity contribution in [3.63, 3.8) is 0 Å². The van der Waals surface area contributed by atoms with Crippen molar-refractivity contribution in [1.82, 2.24) is 20.2 Å². The monoisotopic (exact) mass is 349 g/mol. The van der Waals surface area contributed by atoms with Gasteiger partial charge in [-0.1, -0.05) is 23.7 Å². The number of rotatable bonds is 4. The Balaban J connectivity index is 1.99. The van der Waals surface area contributed by atoms with Crippen molar-refractivity contribution >= 4 is 27.3 Å². The summed E-state index contributed by atoms with van der Waals surface area (Å²) in [4.78, 5) is 0.0947. The Kier molecular flexibility index (Phi) is 4.01. The predicted molar refractivity (Wildman–Crippen MR) is 86.2 cm³/mol. The molecule has 1 N–H and O–H groups in total. The molecule has 1 heterocycles. The Hall–Kier alpha value is -2.45. The molecule has 0 radical (unpaired) electrons. The van der Waals surface area contributed by atoms with Gasteiger partial charge in [-0.3, -0.25) is 4.72 Å².